The lowest BCUT2D eigenvalue weighted by molar-refractivity contribution is -0.420. The van der Waals surface area contributed by atoms with Gasteiger partial charge in [0.2, 0.25) is 0 Å². The maximum absolute atomic E-state index is 15.4. The highest BCUT2D eigenvalue weighted by atomic mass is 32.2. The molecule has 3 fully saturated rings. The summed E-state index contributed by atoms with van der Waals surface area (Å²) in [6.07, 6.45) is -8.60. The summed E-state index contributed by atoms with van der Waals surface area (Å²) in [6, 6.07) is 10.6. The first-order chi connectivity index (χ1) is 28.2. The number of thioether (sulfide) groups is 1. The van der Waals surface area contributed by atoms with Crippen LogP contribution >= 0.6 is 11.8 Å². The number of carbonyl (C=O) groups is 5. The van der Waals surface area contributed by atoms with E-state index in [0.717, 1.165) is 18.7 Å². The molecule has 0 radical (unpaired) electrons. The number of hydrogen-bond donors (Lipinski definition) is 4. The molecule has 3 aliphatic carbocycles. The van der Waals surface area contributed by atoms with Gasteiger partial charge in [-0.15, -0.1) is 0 Å². The van der Waals surface area contributed by atoms with E-state index in [-0.39, 0.29) is 42.5 Å². The molecule has 2 aromatic rings. The number of ether oxygens (including phenoxy) is 4. The topological polar surface area (TPSA) is 227 Å². The molecular formula is C43H55NO15S. The van der Waals surface area contributed by atoms with Gasteiger partial charge >= 0.3 is 17.9 Å². The lowest BCUT2D eigenvalue weighted by atomic mass is 9.44. The second-order valence-electron chi connectivity index (χ2n) is 17.3. The average Bonchev–Trinajstić information content (AvgIpc) is 3.72. The van der Waals surface area contributed by atoms with Crippen LogP contribution in [0.15, 0.2) is 64.3 Å². The molecular weight excluding hydrogens is 803 g/mol. The fraction of sp³-hybridized carbons (Fsp3) is 0.605. The van der Waals surface area contributed by atoms with Gasteiger partial charge in [0.05, 0.1) is 30.3 Å². The van der Waals surface area contributed by atoms with Crippen molar-refractivity contribution in [2.75, 3.05) is 12.4 Å². The Kier molecular flexibility index (Phi) is 13.1. The van der Waals surface area contributed by atoms with E-state index in [9.17, 15) is 34.5 Å². The SMILES string of the molecule is CC(=O)O[C@H]1C(=O)[C@@]2(C)[C@H]([C@H](OOCc3ccccc3)[C@]3(O)C[C@H](OC(=O)[C@H](O)[C@@H](NC(=O)SCC(C)C)c4ccco4)C(C)=C1C3(C)C)[C@]1(OC(C)=O)CO[C@@H]1C[C@@H]2O. The number of fused-ring (bicyclic) bond motifs is 5. The lowest BCUT2D eigenvalue weighted by Crippen LogP contribution is -2.81. The smallest absolute Gasteiger partial charge is 0.338 e. The molecule has 4 N–H and O–H groups in total. The Balaban J connectivity index is 1.49. The summed E-state index contributed by atoms with van der Waals surface area (Å²) in [7, 11) is 0. The molecule has 1 aromatic carbocycles. The second kappa shape index (κ2) is 17.3. The van der Waals surface area contributed by atoms with Crippen molar-refractivity contribution in [3.8, 4) is 0 Å². The molecule has 2 saturated carbocycles. The van der Waals surface area contributed by atoms with Crippen LogP contribution in [0.5, 0.6) is 0 Å². The monoisotopic (exact) mass is 857 g/mol. The van der Waals surface area contributed by atoms with Gasteiger partial charge in [-0.3, -0.25) is 19.2 Å². The molecule has 4 aliphatic rings. The molecule has 1 amide bonds. The second-order valence-corrected chi connectivity index (χ2v) is 18.3. The van der Waals surface area contributed by atoms with Crippen molar-refractivity contribution in [3.05, 3.63) is 71.2 Å². The number of hydrogen-bond acceptors (Lipinski definition) is 16. The van der Waals surface area contributed by atoms with Gasteiger partial charge < -0.3 is 44.0 Å². The summed E-state index contributed by atoms with van der Waals surface area (Å²) in [5, 5.41) is 39.3. The van der Waals surface area contributed by atoms with Crippen LogP contribution < -0.4 is 5.32 Å². The van der Waals surface area contributed by atoms with Gasteiger partial charge in [0.25, 0.3) is 5.24 Å². The van der Waals surface area contributed by atoms with Crippen LogP contribution in [0, 0.1) is 22.7 Å². The number of esters is 3. The quantitative estimate of drug-likeness (QED) is 0.0725. The number of benzene rings is 1. The number of aliphatic hydroxyl groups excluding tert-OH is 2. The Labute approximate surface area is 352 Å². The molecule has 328 valence electrons. The van der Waals surface area contributed by atoms with Crippen molar-refractivity contribution >= 4 is 40.7 Å². The fourth-order valence-electron chi connectivity index (χ4n) is 9.51. The third kappa shape index (κ3) is 8.05. The summed E-state index contributed by atoms with van der Waals surface area (Å²) in [4.78, 5) is 80.6. The van der Waals surface area contributed by atoms with E-state index < -0.39 is 106 Å². The molecule has 60 heavy (non-hydrogen) atoms. The Hall–Kier alpha value is -4.10. The third-order valence-electron chi connectivity index (χ3n) is 12.7. The van der Waals surface area contributed by atoms with E-state index in [4.69, 9.17) is 33.1 Å². The van der Waals surface area contributed by atoms with Crippen LogP contribution in [0.1, 0.15) is 85.6 Å². The summed E-state index contributed by atoms with van der Waals surface area (Å²) < 4.78 is 29.3. The Bertz CT molecular complexity index is 1970. The zero-order valence-corrected chi connectivity index (χ0v) is 35.8. The van der Waals surface area contributed by atoms with Crippen LogP contribution in [0.4, 0.5) is 4.79 Å². The van der Waals surface area contributed by atoms with Gasteiger partial charge in [-0.2, -0.15) is 0 Å². The van der Waals surface area contributed by atoms with Crippen LogP contribution in [-0.4, -0.2) is 104 Å². The Morgan fingerprint density at radius 2 is 1.72 bits per heavy atom. The molecule has 17 heteroatoms. The van der Waals surface area contributed by atoms with Gasteiger partial charge in [-0.1, -0.05) is 69.8 Å². The van der Waals surface area contributed by atoms with E-state index >= 15 is 4.79 Å². The number of ketones is 1. The molecule has 0 unspecified atom stereocenters. The van der Waals surface area contributed by atoms with Gasteiger partial charge in [0.1, 0.15) is 42.3 Å². The predicted octanol–water partition coefficient (Wildman–Crippen LogP) is 4.29. The Morgan fingerprint density at radius 3 is 2.30 bits per heavy atom. The maximum atomic E-state index is 15.4. The van der Waals surface area contributed by atoms with Crippen LogP contribution in [0.25, 0.3) is 0 Å². The summed E-state index contributed by atoms with van der Waals surface area (Å²) in [5.41, 5.74) is -6.49. The number of carbonyl (C=O) groups excluding carboxylic acids is 5. The molecule has 1 aromatic heterocycles. The first-order valence-electron chi connectivity index (χ1n) is 20.0. The van der Waals surface area contributed by atoms with Crippen LogP contribution in [0.3, 0.4) is 0 Å². The lowest BCUT2D eigenvalue weighted by Gasteiger charge is -2.67. The minimum Gasteiger partial charge on any atom is -0.467 e. The average molecular weight is 858 g/mol. The normalized spacial score (nSPS) is 32.9. The highest BCUT2D eigenvalue weighted by Crippen LogP contribution is 2.64. The molecule has 16 nitrogen and oxygen atoms in total. The van der Waals surface area contributed by atoms with E-state index in [2.05, 4.69) is 5.32 Å². The number of nitrogens with one attached hydrogen (secondary N) is 1. The van der Waals surface area contributed by atoms with Crippen LogP contribution in [-0.2, 0) is 54.5 Å². The van der Waals surface area contributed by atoms with Gasteiger partial charge in [0.15, 0.2) is 23.6 Å². The Morgan fingerprint density at radius 1 is 1.02 bits per heavy atom. The molecule has 1 saturated heterocycles. The van der Waals surface area contributed by atoms with Gasteiger partial charge in [-0.25, -0.2) is 14.6 Å². The summed E-state index contributed by atoms with van der Waals surface area (Å²) in [5.74, 6) is -4.33. The zero-order valence-electron chi connectivity index (χ0n) is 35.0. The summed E-state index contributed by atoms with van der Waals surface area (Å²) >= 11 is 0.965. The van der Waals surface area contributed by atoms with Gasteiger partial charge in [-0.05, 0) is 48.6 Å². The van der Waals surface area contributed by atoms with Crippen molar-refractivity contribution in [1.29, 1.82) is 0 Å². The van der Waals surface area contributed by atoms with Crippen molar-refractivity contribution in [2.45, 2.75) is 129 Å². The zero-order chi connectivity index (χ0) is 43.9. The number of Topliss-reactive ketones (excluding diaryl/α,β-unsaturated/α-hetero) is 1. The molecule has 1 aliphatic heterocycles. The third-order valence-corrected chi connectivity index (χ3v) is 13.9. The number of aliphatic hydroxyl groups is 3. The van der Waals surface area contributed by atoms with E-state index in [1.54, 1.807) is 45.0 Å². The number of amides is 1. The van der Waals surface area contributed by atoms with E-state index in [1.165, 1.54) is 32.2 Å². The molecule has 6 rings (SSSR count). The fourth-order valence-corrected chi connectivity index (χ4v) is 10.2. The predicted molar refractivity (Wildman–Crippen MR) is 212 cm³/mol. The largest absolute Gasteiger partial charge is 0.467 e. The van der Waals surface area contributed by atoms with Crippen molar-refractivity contribution < 1.29 is 72.4 Å². The molecule has 2 heterocycles. The standard InChI is InChI=1S/C43H55NO15S/c1-22(2)20-60-39(51)44-32(27-15-12-16-53-27)33(48)38(50)57-28-18-43(52)37(59-55-19-26-13-10-9-11-14-26)35-41(8,29(47)17-30-42(35,21-54-30)58-25(5)46)36(49)34(56-24(4)45)31(23(28)3)40(43,6)7/h9-16,22,28-30,32-35,37,47-48,52H,17-21H2,1-8H3,(H,44,51)/t28-,29-,30+,32-,33+,34+,35-,37-,41+,42-,43+/m0/s1. The maximum Gasteiger partial charge on any atom is 0.338 e. The first kappa shape index (κ1) is 45.4. The summed E-state index contributed by atoms with van der Waals surface area (Å²) in [6.45, 7) is 12.0. The van der Waals surface area contributed by atoms with Crippen molar-refractivity contribution in [2.24, 2.45) is 22.7 Å². The molecule has 11 atom stereocenters. The molecule has 2 bridgehead atoms. The van der Waals surface area contributed by atoms with Gasteiger partial charge in [0, 0.05) is 37.9 Å². The van der Waals surface area contributed by atoms with Crippen LogP contribution in [0.2, 0.25) is 0 Å². The molecule has 0 spiro atoms. The highest BCUT2D eigenvalue weighted by Gasteiger charge is 2.78. The van der Waals surface area contributed by atoms with Crippen molar-refractivity contribution in [3.63, 3.8) is 0 Å². The number of rotatable bonds is 13. The first-order valence-corrected chi connectivity index (χ1v) is 21.0. The van der Waals surface area contributed by atoms with Crippen molar-refractivity contribution in [1.82, 2.24) is 5.32 Å². The highest BCUT2D eigenvalue weighted by molar-refractivity contribution is 8.13. The van der Waals surface area contributed by atoms with E-state index in [1.807, 2.05) is 19.9 Å². The van der Waals surface area contributed by atoms with E-state index in [0.29, 0.717) is 11.3 Å². The number of furan rings is 1. The minimum absolute atomic E-state index is 0.0572. The minimum atomic E-state index is -2.26.